The van der Waals surface area contributed by atoms with Crippen LogP contribution in [0.5, 0.6) is 5.75 Å². The van der Waals surface area contributed by atoms with E-state index in [1.54, 1.807) is 6.92 Å². The molecule has 6 heteroatoms. The number of amides is 1. The zero-order valence-corrected chi connectivity index (χ0v) is 11.3. The Labute approximate surface area is 115 Å². The Bertz CT molecular complexity index is 622. The topological polar surface area (TPSA) is 75.4 Å². The summed E-state index contributed by atoms with van der Waals surface area (Å²) >= 11 is 5.77. The van der Waals surface area contributed by atoms with Gasteiger partial charge in [0, 0.05) is 12.0 Å². The molecular weight excluding hydrogens is 268 g/mol. The van der Waals surface area contributed by atoms with E-state index < -0.39 is 0 Å². The lowest BCUT2D eigenvalue weighted by atomic mass is 10.2. The molecule has 19 heavy (non-hydrogen) atoms. The molecule has 0 atom stereocenters. The number of aromatic nitrogens is 1. The van der Waals surface area contributed by atoms with E-state index in [0.29, 0.717) is 29.1 Å². The summed E-state index contributed by atoms with van der Waals surface area (Å²) in [5.41, 5.74) is 1.55. The summed E-state index contributed by atoms with van der Waals surface area (Å²) in [6, 6.07) is 4.27. The van der Waals surface area contributed by atoms with Crippen LogP contribution in [0, 0.1) is 6.92 Å². The number of carbonyl (C=O) groups excluding carboxylic acids is 1. The average molecular weight is 281 g/mol. The minimum absolute atomic E-state index is 0.0615. The molecule has 0 fully saturated rings. The number of phenolic OH excluding ortho intramolecular Hbond substituents is 1. The molecule has 0 spiro atoms. The minimum Gasteiger partial charge on any atom is -0.506 e. The molecule has 1 heterocycles. The van der Waals surface area contributed by atoms with Crippen LogP contribution in [0.1, 0.15) is 28.7 Å². The number of hydrogen-bond donors (Lipinski definition) is 2. The highest BCUT2D eigenvalue weighted by molar-refractivity contribution is 6.32. The fraction of sp³-hybridized carbons (Fsp3) is 0.231. The Balaban J connectivity index is 2.25. The summed E-state index contributed by atoms with van der Waals surface area (Å²) in [6.07, 6.45) is 0.632. The molecule has 1 aromatic heterocycles. The van der Waals surface area contributed by atoms with Crippen molar-refractivity contribution in [1.29, 1.82) is 0 Å². The standard InChI is InChI=1S/C13H13ClN2O3/c1-3-11-12(7(2)16-19-11)15-13(18)8-4-5-10(17)9(14)6-8/h4-6,17H,3H2,1-2H3,(H,15,18). The number of nitrogens with zero attached hydrogens (tertiary/aromatic N) is 1. The predicted octanol–water partition coefficient (Wildman–Crippen LogP) is 3.16. The third kappa shape index (κ3) is 2.71. The zero-order chi connectivity index (χ0) is 14.0. The molecule has 0 saturated heterocycles. The molecule has 1 amide bonds. The van der Waals surface area contributed by atoms with E-state index in [-0.39, 0.29) is 16.7 Å². The van der Waals surface area contributed by atoms with Crippen molar-refractivity contribution in [2.24, 2.45) is 0 Å². The summed E-state index contributed by atoms with van der Waals surface area (Å²) in [7, 11) is 0. The number of aromatic hydroxyl groups is 1. The lowest BCUT2D eigenvalue weighted by molar-refractivity contribution is 0.102. The second-order valence-corrected chi connectivity index (χ2v) is 4.45. The number of hydrogen-bond acceptors (Lipinski definition) is 4. The smallest absolute Gasteiger partial charge is 0.255 e. The Morgan fingerprint density at radius 3 is 2.89 bits per heavy atom. The molecule has 2 rings (SSSR count). The molecule has 0 aliphatic carbocycles. The van der Waals surface area contributed by atoms with Gasteiger partial charge in [-0.05, 0) is 25.1 Å². The molecule has 0 bridgehead atoms. The van der Waals surface area contributed by atoms with Crippen LogP contribution < -0.4 is 5.32 Å². The van der Waals surface area contributed by atoms with Crippen LogP contribution in [-0.4, -0.2) is 16.2 Å². The maximum atomic E-state index is 12.1. The molecule has 2 N–H and O–H groups in total. The van der Waals surface area contributed by atoms with Crippen molar-refractivity contribution < 1.29 is 14.4 Å². The van der Waals surface area contributed by atoms with Gasteiger partial charge in [-0.1, -0.05) is 23.7 Å². The maximum absolute atomic E-state index is 12.1. The van der Waals surface area contributed by atoms with E-state index >= 15 is 0 Å². The van der Waals surface area contributed by atoms with Crippen molar-refractivity contribution in [3.63, 3.8) is 0 Å². The minimum atomic E-state index is -0.331. The number of carbonyl (C=O) groups is 1. The molecule has 0 saturated carbocycles. The normalized spacial score (nSPS) is 10.5. The van der Waals surface area contributed by atoms with Crippen molar-refractivity contribution in [3.8, 4) is 5.75 Å². The molecule has 5 nitrogen and oxygen atoms in total. The van der Waals surface area contributed by atoms with Crippen LogP contribution in [-0.2, 0) is 6.42 Å². The van der Waals surface area contributed by atoms with Gasteiger partial charge in [0.05, 0.1) is 5.02 Å². The van der Waals surface area contributed by atoms with Gasteiger partial charge < -0.3 is 14.9 Å². The van der Waals surface area contributed by atoms with Crippen molar-refractivity contribution in [2.45, 2.75) is 20.3 Å². The third-order valence-corrected chi connectivity index (χ3v) is 3.01. The Kier molecular flexibility index (Phi) is 3.76. The monoisotopic (exact) mass is 280 g/mol. The van der Waals surface area contributed by atoms with Crippen LogP contribution in [0.2, 0.25) is 5.02 Å². The van der Waals surface area contributed by atoms with E-state index in [0.717, 1.165) is 0 Å². The first-order chi connectivity index (χ1) is 9.02. The van der Waals surface area contributed by atoms with Crippen LogP contribution in [0.4, 0.5) is 5.69 Å². The van der Waals surface area contributed by atoms with Gasteiger partial charge in [0.2, 0.25) is 0 Å². The number of halogens is 1. The van der Waals surface area contributed by atoms with Crippen molar-refractivity contribution in [1.82, 2.24) is 5.16 Å². The first kappa shape index (κ1) is 13.4. The second kappa shape index (κ2) is 5.32. The predicted molar refractivity (Wildman–Crippen MR) is 71.7 cm³/mol. The first-order valence-electron chi connectivity index (χ1n) is 5.78. The van der Waals surface area contributed by atoms with Gasteiger partial charge in [-0.15, -0.1) is 0 Å². The summed E-state index contributed by atoms with van der Waals surface area (Å²) in [4.78, 5) is 12.1. The average Bonchev–Trinajstić information content (AvgIpc) is 2.74. The Hall–Kier alpha value is -2.01. The fourth-order valence-corrected chi connectivity index (χ4v) is 1.83. The molecular formula is C13H13ClN2O3. The fourth-order valence-electron chi connectivity index (χ4n) is 1.65. The van der Waals surface area contributed by atoms with E-state index in [1.807, 2.05) is 6.92 Å². The van der Waals surface area contributed by atoms with Crippen LogP contribution in [0.25, 0.3) is 0 Å². The number of anilines is 1. The summed E-state index contributed by atoms with van der Waals surface area (Å²) < 4.78 is 5.09. The lowest BCUT2D eigenvalue weighted by Gasteiger charge is -2.06. The highest BCUT2D eigenvalue weighted by Crippen LogP contribution is 2.25. The van der Waals surface area contributed by atoms with E-state index in [9.17, 15) is 9.90 Å². The van der Waals surface area contributed by atoms with Gasteiger partial charge in [-0.3, -0.25) is 4.79 Å². The molecule has 0 unspecified atom stereocenters. The van der Waals surface area contributed by atoms with Gasteiger partial charge in [-0.2, -0.15) is 0 Å². The van der Waals surface area contributed by atoms with Gasteiger partial charge in [0.25, 0.3) is 5.91 Å². The Morgan fingerprint density at radius 1 is 1.53 bits per heavy atom. The quantitative estimate of drug-likeness (QED) is 0.905. The molecule has 1 aromatic carbocycles. The number of nitrogens with one attached hydrogen (secondary N) is 1. The SMILES string of the molecule is CCc1onc(C)c1NC(=O)c1ccc(O)c(Cl)c1. The summed E-state index contributed by atoms with van der Waals surface area (Å²) in [5, 5.41) is 16.0. The number of rotatable bonds is 3. The first-order valence-corrected chi connectivity index (χ1v) is 6.15. The largest absolute Gasteiger partial charge is 0.506 e. The van der Waals surface area contributed by atoms with Crippen LogP contribution in [0.15, 0.2) is 22.7 Å². The highest BCUT2D eigenvalue weighted by atomic mass is 35.5. The van der Waals surface area contributed by atoms with E-state index in [2.05, 4.69) is 10.5 Å². The molecule has 0 aliphatic rings. The van der Waals surface area contributed by atoms with Crippen molar-refractivity contribution in [3.05, 3.63) is 40.2 Å². The third-order valence-electron chi connectivity index (χ3n) is 2.70. The second-order valence-electron chi connectivity index (χ2n) is 4.04. The van der Waals surface area contributed by atoms with Crippen LogP contribution in [0.3, 0.4) is 0 Å². The van der Waals surface area contributed by atoms with E-state index in [4.69, 9.17) is 16.1 Å². The number of benzene rings is 1. The lowest BCUT2D eigenvalue weighted by Crippen LogP contribution is -2.13. The summed E-state index contributed by atoms with van der Waals surface area (Å²) in [5.74, 6) is 0.229. The molecule has 0 radical (unpaired) electrons. The van der Waals surface area contributed by atoms with Gasteiger partial charge in [0.15, 0.2) is 5.76 Å². The summed E-state index contributed by atoms with van der Waals surface area (Å²) in [6.45, 7) is 3.66. The van der Waals surface area contributed by atoms with Crippen molar-refractivity contribution in [2.75, 3.05) is 5.32 Å². The van der Waals surface area contributed by atoms with Gasteiger partial charge in [0.1, 0.15) is 17.1 Å². The van der Waals surface area contributed by atoms with Gasteiger partial charge >= 0.3 is 0 Å². The maximum Gasteiger partial charge on any atom is 0.255 e. The molecule has 100 valence electrons. The Morgan fingerprint density at radius 2 is 2.26 bits per heavy atom. The number of aryl methyl sites for hydroxylation is 2. The molecule has 0 aliphatic heterocycles. The molecule has 2 aromatic rings. The zero-order valence-electron chi connectivity index (χ0n) is 10.5. The number of phenols is 1. The van der Waals surface area contributed by atoms with E-state index in [1.165, 1.54) is 18.2 Å². The van der Waals surface area contributed by atoms with Crippen LogP contribution >= 0.6 is 11.6 Å². The highest BCUT2D eigenvalue weighted by Gasteiger charge is 2.16. The van der Waals surface area contributed by atoms with Crippen molar-refractivity contribution >= 4 is 23.2 Å². The van der Waals surface area contributed by atoms with Gasteiger partial charge in [-0.25, -0.2) is 0 Å².